The second-order valence-corrected chi connectivity index (χ2v) is 4.65. The molecule has 0 atom stereocenters. The number of esters is 1. The molecule has 0 spiro atoms. The lowest BCUT2D eigenvalue weighted by molar-refractivity contribution is 0.0603. The average Bonchev–Trinajstić information content (AvgIpc) is 3.02. The zero-order chi connectivity index (χ0) is 14.8. The minimum atomic E-state index is -0.363. The molecule has 0 bridgehead atoms. The number of nitrogens with zero attached hydrogens (tertiary/aromatic N) is 3. The Hall–Kier alpha value is -2.69. The van der Waals surface area contributed by atoms with Crippen LogP contribution in [0.3, 0.4) is 0 Å². The number of carbonyl (C=O) groups is 1. The quantitative estimate of drug-likeness (QED) is 0.693. The van der Waals surface area contributed by atoms with Crippen LogP contribution in [0.5, 0.6) is 0 Å². The Balaban J connectivity index is 2.22. The summed E-state index contributed by atoms with van der Waals surface area (Å²) in [6, 6.07) is 9.29. The Morgan fingerprint density at radius 1 is 1.33 bits per heavy atom. The lowest BCUT2D eigenvalue weighted by Crippen LogP contribution is -2.03. The number of carbonyl (C=O) groups excluding carboxylic acids is 1. The molecule has 5 heteroatoms. The highest BCUT2D eigenvalue weighted by Crippen LogP contribution is 2.25. The molecule has 5 nitrogen and oxygen atoms in total. The molecule has 0 N–H and O–H groups in total. The van der Waals surface area contributed by atoms with Crippen LogP contribution >= 0.6 is 0 Å². The van der Waals surface area contributed by atoms with E-state index in [-0.39, 0.29) is 5.97 Å². The third-order valence-electron chi connectivity index (χ3n) is 3.37. The van der Waals surface area contributed by atoms with Crippen LogP contribution in [0.4, 0.5) is 0 Å². The van der Waals surface area contributed by atoms with Gasteiger partial charge >= 0.3 is 5.97 Å². The zero-order valence-corrected chi connectivity index (χ0v) is 11.9. The third kappa shape index (κ3) is 2.38. The number of fused-ring (bicyclic) bond motifs is 1. The van der Waals surface area contributed by atoms with Crippen molar-refractivity contribution in [3.05, 3.63) is 48.3 Å². The van der Waals surface area contributed by atoms with Gasteiger partial charge in [-0.25, -0.2) is 9.78 Å². The molecular formula is C16H15N3O2. The second-order valence-electron chi connectivity index (χ2n) is 4.65. The Labute approximate surface area is 122 Å². The second kappa shape index (κ2) is 5.36. The topological polar surface area (TPSA) is 57.0 Å². The molecule has 2 heterocycles. The average molecular weight is 281 g/mol. The van der Waals surface area contributed by atoms with E-state index in [1.807, 2.05) is 42.1 Å². The van der Waals surface area contributed by atoms with Crippen LogP contribution in [-0.2, 0) is 11.3 Å². The van der Waals surface area contributed by atoms with Crippen LogP contribution in [0, 0.1) is 0 Å². The standard InChI is InChI=1S/C16H15N3O2/c1-3-19-10-11(9-17-19)15-8-13(16(20)21-2)12-6-4-5-7-14(12)18-15/h4-10H,3H2,1-2H3. The maximum Gasteiger partial charge on any atom is 0.338 e. The van der Waals surface area contributed by atoms with Crippen molar-refractivity contribution in [2.75, 3.05) is 7.11 Å². The van der Waals surface area contributed by atoms with E-state index in [1.54, 1.807) is 12.3 Å². The van der Waals surface area contributed by atoms with E-state index >= 15 is 0 Å². The normalized spacial score (nSPS) is 10.8. The number of ether oxygens (including phenoxy) is 1. The maximum atomic E-state index is 12.0. The Morgan fingerprint density at radius 3 is 2.86 bits per heavy atom. The molecule has 106 valence electrons. The fourth-order valence-electron chi connectivity index (χ4n) is 2.27. The van der Waals surface area contributed by atoms with Gasteiger partial charge in [0.25, 0.3) is 0 Å². The van der Waals surface area contributed by atoms with Gasteiger partial charge in [-0.05, 0) is 19.1 Å². The zero-order valence-electron chi connectivity index (χ0n) is 11.9. The van der Waals surface area contributed by atoms with Gasteiger partial charge in [-0.2, -0.15) is 5.10 Å². The number of methoxy groups -OCH3 is 1. The number of aryl methyl sites for hydroxylation is 1. The predicted octanol–water partition coefficient (Wildman–Crippen LogP) is 2.90. The number of hydrogen-bond acceptors (Lipinski definition) is 4. The lowest BCUT2D eigenvalue weighted by Gasteiger charge is -2.07. The first-order chi connectivity index (χ1) is 10.2. The number of pyridine rings is 1. The van der Waals surface area contributed by atoms with E-state index < -0.39 is 0 Å². The van der Waals surface area contributed by atoms with Crippen LogP contribution < -0.4 is 0 Å². The van der Waals surface area contributed by atoms with Crippen molar-refractivity contribution >= 4 is 16.9 Å². The molecule has 0 saturated heterocycles. The molecule has 0 amide bonds. The maximum absolute atomic E-state index is 12.0. The largest absolute Gasteiger partial charge is 0.465 e. The van der Waals surface area contributed by atoms with Crippen molar-refractivity contribution in [2.45, 2.75) is 13.5 Å². The van der Waals surface area contributed by atoms with E-state index in [9.17, 15) is 4.79 Å². The first-order valence-corrected chi connectivity index (χ1v) is 6.74. The number of benzene rings is 1. The summed E-state index contributed by atoms with van der Waals surface area (Å²) in [5, 5.41) is 5.03. The number of rotatable bonds is 3. The molecule has 0 aliphatic heterocycles. The van der Waals surface area contributed by atoms with Gasteiger partial charge in [-0.3, -0.25) is 4.68 Å². The van der Waals surface area contributed by atoms with Crippen molar-refractivity contribution in [2.24, 2.45) is 0 Å². The molecule has 0 fully saturated rings. The van der Waals surface area contributed by atoms with Crippen molar-refractivity contribution in [3.63, 3.8) is 0 Å². The SMILES string of the molecule is CCn1cc(-c2cc(C(=O)OC)c3ccccc3n2)cn1. The third-order valence-corrected chi connectivity index (χ3v) is 3.37. The van der Waals surface area contributed by atoms with Crippen molar-refractivity contribution in [1.29, 1.82) is 0 Å². The monoisotopic (exact) mass is 281 g/mol. The van der Waals surface area contributed by atoms with Gasteiger partial charge in [0.1, 0.15) is 0 Å². The molecule has 0 saturated carbocycles. The van der Waals surface area contributed by atoms with Crippen LogP contribution in [0.25, 0.3) is 22.2 Å². The Bertz CT molecular complexity index is 808. The summed E-state index contributed by atoms with van der Waals surface area (Å²) < 4.78 is 6.70. The smallest absolute Gasteiger partial charge is 0.338 e. The van der Waals surface area contributed by atoms with Crippen LogP contribution in [0.15, 0.2) is 42.7 Å². The van der Waals surface area contributed by atoms with Gasteiger partial charge in [0.2, 0.25) is 0 Å². The van der Waals surface area contributed by atoms with Crippen molar-refractivity contribution in [3.8, 4) is 11.3 Å². The van der Waals surface area contributed by atoms with Crippen LogP contribution in [0.1, 0.15) is 17.3 Å². The molecule has 0 aliphatic rings. The van der Waals surface area contributed by atoms with E-state index in [4.69, 9.17) is 4.74 Å². The highest BCUT2D eigenvalue weighted by atomic mass is 16.5. The molecule has 3 rings (SSSR count). The number of aromatic nitrogens is 3. The molecule has 0 radical (unpaired) electrons. The highest BCUT2D eigenvalue weighted by molar-refractivity contribution is 6.04. The summed E-state index contributed by atoms with van der Waals surface area (Å²) in [5.41, 5.74) is 2.88. The summed E-state index contributed by atoms with van der Waals surface area (Å²) in [4.78, 5) is 16.6. The van der Waals surface area contributed by atoms with E-state index in [0.717, 1.165) is 23.0 Å². The summed E-state index contributed by atoms with van der Waals surface area (Å²) in [6.07, 6.45) is 3.67. The van der Waals surface area contributed by atoms with E-state index in [0.29, 0.717) is 11.3 Å². The molecule has 0 unspecified atom stereocenters. The molecule has 1 aromatic carbocycles. The highest BCUT2D eigenvalue weighted by Gasteiger charge is 2.14. The lowest BCUT2D eigenvalue weighted by atomic mass is 10.1. The first kappa shape index (κ1) is 13.3. The Morgan fingerprint density at radius 2 is 2.14 bits per heavy atom. The predicted molar refractivity (Wildman–Crippen MR) is 80.0 cm³/mol. The minimum absolute atomic E-state index is 0.363. The van der Waals surface area contributed by atoms with Gasteiger partial charge in [-0.1, -0.05) is 18.2 Å². The van der Waals surface area contributed by atoms with Crippen LogP contribution in [-0.4, -0.2) is 27.8 Å². The van der Waals surface area contributed by atoms with Gasteiger partial charge in [0.15, 0.2) is 0 Å². The Kier molecular flexibility index (Phi) is 3.39. The minimum Gasteiger partial charge on any atom is -0.465 e. The van der Waals surface area contributed by atoms with Crippen molar-refractivity contribution < 1.29 is 9.53 Å². The van der Waals surface area contributed by atoms with Gasteiger partial charge in [0.05, 0.1) is 30.1 Å². The van der Waals surface area contributed by atoms with Gasteiger partial charge in [-0.15, -0.1) is 0 Å². The van der Waals surface area contributed by atoms with Crippen LogP contribution in [0.2, 0.25) is 0 Å². The van der Waals surface area contributed by atoms with E-state index in [2.05, 4.69) is 10.1 Å². The van der Waals surface area contributed by atoms with E-state index in [1.165, 1.54) is 7.11 Å². The van der Waals surface area contributed by atoms with Gasteiger partial charge in [0, 0.05) is 23.7 Å². The molecule has 2 aromatic heterocycles. The molecule has 0 aliphatic carbocycles. The molecular weight excluding hydrogens is 266 g/mol. The number of hydrogen-bond donors (Lipinski definition) is 0. The summed E-state index contributed by atoms with van der Waals surface area (Å²) >= 11 is 0. The molecule has 3 aromatic rings. The summed E-state index contributed by atoms with van der Waals surface area (Å²) in [7, 11) is 1.38. The number of para-hydroxylation sites is 1. The summed E-state index contributed by atoms with van der Waals surface area (Å²) in [6.45, 7) is 2.81. The van der Waals surface area contributed by atoms with Crippen molar-refractivity contribution in [1.82, 2.24) is 14.8 Å². The first-order valence-electron chi connectivity index (χ1n) is 6.74. The molecule has 21 heavy (non-hydrogen) atoms. The fraction of sp³-hybridized carbons (Fsp3) is 0.188. The van der Waals surface area contributed by atoms with Gasteiger partial charge < -0.3 is 4.74 Å². The fourth-order valence-corrected chi connectivity index (χ4v) is 2.27. The summed E-state index contributed by atoms with van der Waals surface area (Å²) in [5.74, 6) is -0.363.